The smallest absolute Gasteiger partial charge is 0.247 e. The predicted molar refractivity (Wildman–Crippen MR) is 132 cm³/mol. The summed E-state index contributed by atoms with van der Waals surface area (Å²) < 4.78 is 0. The number of carbonyl (C=O) groups excluding carboxylic acids is 1. The number of allylic oxidation sites excluding steroid dienone is 3. The second kappa shape index (κ2) is 12.1. The number of nitrogens with zero attached hydrogens (tertiary/aromatic N) is 3. The van der Waals surface area contributed by atoms with Crippen molar-refractivity contribution < 1.29 is 4.79 Å². The summed E-state index contributed by atoms with van der Waals surface area (Å²) in [7, 11) is 0. The molecule has 1 aromatic carbocycles. The van der Waals surface area contributed by atoms with Gasteiger partial charge in [0.1, 0.15) is 11.9 Å². The van der Waals surface area contributed by atoms with E-state index >= 15 is 0 Å². The molecule has 0 radical (unpaired) electrons. The zero-order valence-electron chi connectivity index (χ0n) is 18.7. The number of aliphatic imine (C=N–C) groups is 1. The first-order chi connectivity index (χ1) is 16.1. The molecule has 1 amide bonds. The quantitative estimate of drug-likeness (QED) is 0.511. The number of nitriles is 1. The van der Waals surface area contributed by atoms with Crippen molar-refractivity contribution in [2.24, 2.45) is 10.7 Å². The van der Waals surface area contributed by atoms with Gasteiger partial charge in [0.2, 0.25) is 5.91 Å². The van der Waals surface area contributed by atoms with E-state index < -0.39 is 6.04 Å². The van der Waals surface area contributed by atoms with Crippen LogP contribution in [0, 0.1) is 11.3 Å². The molecule has 3 rings (SSSR count). The predicted octanol–water partition coefficient (Wildman–Crippen LogP) is 3.93. The van der Waals surface area contributed by atoms with E-state index in [1.807, 2.05) is 25.1 Å². The van der Waals surface area contributed by atoms with E-state index in [9.17, 15) is 4.79 Å². The Morgan fingerprint density at radius 1 is 1.27 bits per heavy atom. The standard InChI is InChI=1S/C26H28N6O/c1-19(15-27)17-30-23-11-12-24(31-18-23)32-26(33)25(22-5-3-2-4-6-22)29-14-13-20-7-9-21(16-28)10-8-20/h3,5-12,15,17-18,25,29H,2,4,13-14,27H2,1H3,(H,31,32,33)/b19-15-,30-17?. The van der Waals surface area contributed by atoms with E-state index in [1.54, 1.807) is 36.7 Å². The zero-order chi connectivity index (χ0) is 23.5. The monoisotopic (exact) mass is 440 g/mol. The van der Waals surface area contributed by atoms with Gasteiger partial charge in [-0.3, -0.25) is 9.79 Å². The summed E-state index contributed by atoms with van der Waals surface area (Å²) in [5.74, 6) is 0.294. The first-order valence-electron chi connectivity index (χ1n) is 10.9. The van der Waals surface area contributed by atoms with Crippen LogP contribution >= 0.6 is 0 Å². The molecular formula is C26H28N6O. The summed E-state index contributed by atoms with van der Waals surface area (Å²) in [6, 6.07) is 12.6. The Bertz CT molecular complexity index is 1100. The van der Waals surface area contributed by atoms with Crippen LogP contribution < -0.4 is 16.4 Å². The van der Waals surface area contributed by atoms with Gasteiger partial charge < -0.3 is 16.4 Å². The number of hydrogen-bond acceptors (Lipinski definition) is 6. The van der Waals surface area contributed by atoms with E-state index in [0.717, 1.165) is 36.0 Å². The van der Waals surface area contributed by atoms with Crippen molar-refractivity contribution in [3.05, 3.63) is 89.3 Å². The second-order valence-corrected chi connectivity index (χ2v) is 7.69. The summed E-state index contributed by atoms with van der Waals surface area (Å²) in [5.41, 5.74) is 9.64. The van der Waals surface area contributed by atoms with Crippen molar-refractivity contribution in [3.63, 3.8) is 0 Å². The molecule has 4 N–H and O–H groups in total. The maximum Gasteiger partial charge on any atom is 0.247 e. The van der Waals surface area contributed by atoms with Crippen LogP contribution in [0.25, 0.3) is 0 Å². The average Bonchev–Trinajstić information content (AvgIpc) is 2.86. The number of pyridine rings is 1. The van der Waals surface area contributed by atoms with Crippen LogP contribution in [0.5, 0.6) is 0 Å². The largest absolute Gasteiger partial charge is 0.404 e. The molecule has 0 bridgehead atoms. The molecule has 0 saturated heterocycles. The fraction of sp³-hybridized carbons (Fsp3) is 0.231. The van der Waals surface area contributed by atoms with E-state index in [4.69, 9.17) is 11.0 Å². The topological polar surface area (TPSA) is 116 Å². The Morgan fingerprint density at radius 3 is 2.73 bits per heavy atom. The molecule has 1 heterocycles. The SMILES string of the molecule is C/C(C=Nc1ccc(NC(=O)C(NCCc2ccc(C#N)cc2)C2=CCCC=C2)nc1)=C/N. The van der Waals surface area contributed by atoms with Gasteiger partial charge in [-0.1, -0.05) is 30.4 Å². The van der Waals surface area contributed by atoms with Crippen molar-refractivity contribution in [2.75, 3.05) is 11.9 Å². The number of rotatable bonds is 9. The van der Waals surface area contributed by atoms with Gasteiger partial charge >= 0.3 is 0 Å². The number of anilines is 1. The molecule has 0 spiro atoms. The lowest BCUT2D eigenvalue weighted by Crippen LogP contribution is -2.43. The van der Waals surface area contributed by atoms with E-state index in [0.29, 0.717) is 23.6 Å². The molecule has 0 saturated carbocycles. The van der Waals surface area contributed by atoms with Crippen molar-refractivity contribution in [2.45, 2.75) is 32.2 Å². The molecule has 0 aliphatic heterocycles. The molecule has 1 aliphatic rings. The van der Waals surface area contributed by atoms with Gasteiger partial charge in [0.15, 0.2) is 0 Å². The first-order valence-corrected chi connectivity index (χ1v) is 10.9. The Balaban J connectivity index is 1.64. The summed E-state index contributed by atoms with van der Waals surface area (Å²) in [4.78, 5) is 21.7. The van der Waals surface area contributed by atoms with E-state index in [1.165, 1.54) is 6.20 Å². The lowest BCUT2D eigenvalue weighted by atomic mass is 9.99. The molecule has 168 valence electrons. The minimum absolute atomic E-state index is 0.168. The van der Waals surface area contributed by atoms with Crippen molar-refractivity contribution >= 4 is 23.6 Å². The number of aromatic nitrogens is 1. The fourth-order valence-electron chi connectivity index (χ4n) is 3.27. The minimum Gasteiger partial charge on any atom is -0.404 e. The number of hydrogen-bond donors (Lipinski definition) is 3. The summed E-state index contributed by atoms with van der Waals surface area (Å²) >= 11 is 0. The van der Waals surface area contributed by atoms with Crippen molar-refractivity contribution in [1.82, 2.24) is 10.3 Å². The number of benzene rings is 1. The number of nitrogens with one attached hydrogen (secondary N) is 2. The zero-order valence-corrected chi connectivity index (χ0v) is 18.7. The number of carbonyl (C=O) groups is 1. The maximum absolute atomic E-state index is 13.1. The van der Waals surface area contributed by atoms with E-state index in [-0.39, 0.29) is 5.91 Å². The van der Waals surface area contributed by atoms with Gasteiger partial charge in [0.25, 0.3) is 0 Å². The van der Waals surface area contributed by atoms with Gasteiger partial charge in [-0.25, -0.2) is 4.98 Å². The molecule has 1 atom stereocenters. The molecule has 1 unspecified atom stereocenters. The molecule has 7 heteroatoms. The second-order valence-electron chi connectivity index (χ2n) is 7.69. The lowest BCUT2D eigenvalue weighted by molar-refractivity contribution is -0.117. The Labute approximate surface area is 194 Å². The minimum atomic E-state index is -0.489. The van der Waals surface area contributed by atoms with Crippen LogP contribution in [0.4, 0.5) is 11.5 Å². The summed E-state index contributed by atoms with van der Waals surface area (Å²) in [6.45, 7) is 2.47. The van der Waals surface area contributed by atoms with Gasteiger partial charge in [-0.15, -0.1) is 0 Å². The van der Waals surface area contributed by atoms with Crippen molar-refractivity contribution in [3.8, 4) is 6.07 Å². The van der Waals surface area contributed by atoms with Crippen LogP contribution in [-0.2, 0) is 11.2 Å². The Kier molecular flexibility index (Phi) is 8.69. The Morgan fingerprint density at radius 2 is 2.09 bits per heavy atom. The normalized spacial score (nSPS) is 14.5. The van der Waals surface area contributed by atoms with Gasteiger partial charge in [-0.05, 0) is 73.4 Å². The molecule has 33 heavy (non-hydrogen) atoms. The highest BCUT2D eigenvalue weighted by atomic mass is 16.2. The van der Waals surface area contributed by atoms with Crippen LogP contribution in [-0.4, -0.2) is 29.7 Å². The highest BCUT2D eigenvalue weighted by Gasteiger charge is 2.22. The molecule has 1 aliphatic carbocycles. The van der Waals surface area contributed by atoms with Crippen LogP contribution in [0.3, 0.4) is 0 Å². The number of nitrogens with two attached hydrogens (primary N) is 1. The molecule has 0 fully saturated rings. The summed E-state index contributed by atoms with van der Waals surface area (Å²) in [5, 5.41) is 15.2. The van der Waals surface area contributed by atoms with Gasteiger partial charge in [-0.2, -0.15) is 5.26 Å². The van der Waals surface area contributed by atoms with Crippen LogP contribution in [0.1, 0.15) is 30.9 Å². The van der Waals surface area contributed by atoms with Crippen LogP contribution in [0.2, 0.25) is 0 Å². The average molecular weight is 441 g/mol. The third-order valence-electron chi connectivity index (χ3n) is 5.14. The van der Waals surface area contributed by atoms with Crippen LogP contribution in [0.15, 0.2) is 83.2 Å². The lowest BCUT2D eigenvalue weighted by Gasteiger charge is -2.21. The summed E-state index contributed by atoms with van der Waals surface area (Å²) in [6.07, 6.45) is 13.6. The van der Waals surface area contributed by atoms with Gasteiger partial charge in [0.05, 0.1) is 23.5 Å². The Hall–Kier alpha value is -4.02. The first kappa shape index (κ1) is 23.6. The highest BCUT2D eigenvalue weighted by Crippen LogP contribution is 2.17. The molecule has 7 nitrogen and oxygen atoms in total. The van der Waals surface area contributed by atoms with E-state index in [2.05, 4.69) is 38.8 Å². The molecule has 1 aromatic heterocycles. The maximum atomic E-state index is 13.1. The van der Waals surface area contributed by atoms with Gasteiger partial charge in [0, 0.05) is 12.8 Å². The third-order valence-corrected chi connectivity index (χ3v) is 5.14. The fourth-order valence-corrected chi connectivity index (χ4v) is 3.27. The van der Waals surface area contributed by atoms with Crippen molar-refractivity contribution in [1.29, 1.82) is 5.26 Å². The highest BCUT2D eigenvalue weighted by molar-refractivity contribution is 5.96. The third kappa shape index (κ3) is 7.27. The molecule has 2 aromatic rings. The number of amides is 1. The molecular weight excluding hydrogens is 412 g/mol.